The fourth-order valence-corrected chi connectivity index (χ4v) is 1.67. The Morgan fingerprint density at radius 3 is 2.42 bits per heavy atom. The standard InChI is InChI=1S/C9H12O3/c1-9(2)6(4-3-5-10)7(9)8(11)12/h3-7H,1-2H3,(H,11,12)/t6-,7+/m1/s1. The SMILES string of the molecule is CC1(C)[C@H](C=CC=O)[C@H]1C(=O)O. The van der Waals surface area contributed by atoms with Crippen molar-refractivity contribution < 1.29 is 14.7 Å². The Hall–Kier alpha value is -1.12. The van der Waals surface area contributed by atoms with Crippen molar-refractivity contribution >= 4 is 12.3 Å². The topological polar surface area (TPSA) is 54.4 Å². The van der Waals surface area contributed by atoms with E-state index in [1.165, 1.54) is 6.08 Å². The third-order valence-corrected chi connectivity index (χ3v) is 2.57. The molecule has 0 heterocycles. The molecule has 0 spiro atoms. The first-order valence-corrected chi connectivity index (χ1v) is 3.86. The molecule has 0 aromatic heterocycles. The van der Waals surface area contributed by atoms with E-state index < -0.39 is 5.97 Å². The zero-order valence-electron chi connectivity index (χ0n) is 7.15. The van der Waals surface area contributed by atoms with Gasteiger partial charge in [-0.25, -0.2) is 0 Å². The highest BCUT2D eigenvalue weighted by molar-refractivity contribution is 5.76. The lowest BCUT2D eigenvalue weighted by Gasteiger charge is -1.95. The largest absolute Gasteiger partial charge is 0.481 e. The Labute approximate surface area is 71.1 Å². The van der Waals surface area contributed by atoms with Gasteiger partial charge < -0.3 is 5.11 Å². The molecule has 1 rings (SSSR count). The number of aldehydes is 1. The van der Waals surface area contributed by atoms with Crippen molar-refractivity contribution in [1.29, 1.82) is 0 Å². The van der Waals surface area contributed by atoms with Crippen LogP contribution in [-0.2, 0) is 9.59 Å². The fraction of sp³-hybridized carbons (Fsp3) is 0.556. The first kappa shape index (κ1) is 8.97. The summed E-state index contributed by atoms with van der Waals surface area (Å²) in [5.74, 6) is -1.09. The molecule has 0 bridgehead atoms. The Morgan fingerprint density at radius 2 is 2.08 bits per heavy atom. The van der Waals surface area contributed by atoms with E-state index >= 15 is 0 Å². The Morgan fingerprint density at radius 1 is 1.50 bits per heavy atom. The highest BCUT2D eigenvalue weighted by Crippen LogP contribution is 2.58. The minimum atomic E-state index is -0.777. The van der Waals surface area contributed by atoms with Crippen LogP contribution in [0.15, 0.2) is 12.2 Å². The number of carboxylic acids is 1. The van der Waals surface area contributed by atoms with Gasteiger partial charge in [-0.1, -0.05) is 19.9 Å². The van der Waals surface area contributed by atoms with Crippen LogP contribution in [0.4, 0.5) is 0 Å². The van der Waals surface area contributed by atoms with Crippen molar-refractivity contribution in [3.8, 4) is 0 Å². The predicted octanol–water partition coefficient (Wildman–Crippen LogP) is 1.10. The van der Waals surface area contributed by atoms with Crippen LogP contribution in [0.3, 0.4) is 0 Å². The molecule has 0 saturated heterocycles. The van der Waals surface area contributed by atoms with Gasteiger partial charge in [-0.2, -0.15) is 0 Å². The first-order chi connectivity index (χ1) is 5.51. The average Bonchev–Trinajstić information content (AvgIpc) is 2.49. The highest BCUT2D eigenvalue weighted by Gasteiger charge is 2.60. The number of allylic oxidation sites excluding steroid dienone is 2. The molecule has 66 valence electrons. The molecule has 12 heavy (non-hydrogen) atoms. The monoisotopic (exact) mass is 168 g/mol. The van der Waals surface area contributed by atoms with Crippen molar-refractivity contribution in [2.45, 2.75) is 13.8 Å². The quantitative estimate of drug-likeness (QED) is 0.507. The minimum absolute atomic E-state index is 0.0141. The molecule has 0 aromatic rings. The van der Waals surface area contributed by atoms with Gasteiger partial charge >= 0.3 is 5.97 Å². The number of hydrogen-bond acceptors (Lipinski definition) is 2. The Bertz CT molecular complexity index is 240. The zero-order chi connectivity index (χ0) is 9.35. The van der Waals surface area contributed by atoms with Crippen molar-refractivity contribution in [2.24, 2.45) is 17.3 Å². The zero-order valence-corrected chi connectivity index (χ0v) is 7.15. The predicted molar refractivity (Wildman–Crippen MR) is 43.6 cm³/mol. The third-order valence-electron chi connectivity index (χ3n) is 2.57. The van der Waals surface area contributed by atoms with Crippen LogP contribution in [-0.4, -0.2) is 17.4 Å². The van der Waals surface area contributed by atoms with Gasteiger partial charge in [0.05, 0.1) is 5.92 Å². The highest BCUT2D eigenvalue weighted by atomic mass is 16.4. The Balaban J connectivity index is 2.66. The molecule has 0 radical (unpaired) electrons. The summed E-state index contributed by atoms with van der Waals surface area (Å²) in [4.78, 5) is 20.6. The lowest BCUT2D eigenvalue weighted by Crippen LogP contribution is -2.02. The number of carbonyl (C=O) groups excluding carboxylic acids is 1. The molecule has 3 nitrogen and oxygen atoms in total. The molecule has 1 fully saturated rings. The summed E-state index contributed by atoms with van der Waals surface area (Å²) in [6, 6.07) is 0. The second-order valence-electron chi connectivity index (χ2n) is 3.68. The fourth-order valence-electron chi connectivity index (χ4n) is 1.67. The van der Waals surface area contributed by atoms with E-state index in [9.17, 15) is 9.59 Å². The summed E-state index contributed by atoms with van der Waals surface area (Å²) >= 11 is 0. The van der Waals surface area contributed by atoms with Crippen molar-refractivity contribution in [3.63, 3.8) is 0 Å². The second-order valence-corrected chi connectivity index (χ2v) is 3.68. The molecule has 1 aliphatic rings. The Kier molecular flexibility index (Phi) is 2.04. The number of rotatable bonds is 3. The van der Waals surface area contributed by atoms with Crippen LogP contribution >= 0.6 is 0 Å². The molecule has 1 aliphatic carbocycles. The molecular formula is C9H12O3. The van der Waals surface area contributed by atoms with Gasteiger partial charge in [0.1, 0.15) is 6.29 Å². The molecule has 1 N–H and O–H groups in total. The number of carbonyl (C=O) groups is 2. The molecule has 3 heteroatoms. The van der Waals surface area contributed by atoms with Gasteiger partial charge in [-0.3, -0.25) is 9.59 Å². The third kappa shape index (κ3) is 1.26. The van der Waals surface area contributed by atoms with E-state index in [4.69, 9.17) is 5.11 Å². The van der Waals surface area contributed by atoms with Gasteiger partial charge in [0.2, 0.25) is 0 Å². The van der Waals surface area contributed by atoms with E-state index in [2.05, 4.69) is 0 Å². The summed E-state index contributed by atoms with van der Waals surface area (Å²) in [6.07, 6.45) is 3.72. The summed E-state index contributed by atoms with van der Waals surface area (Å²) in [5.41, 5.74) is -0.189. The van der Waals surface area contributed by atoms with E-state index in [1.807, 2.05) is 13.8 Å². The summed E-state index contributed by atoms with van der Waals surface area (Å²) < 4.78 is 0. The molecule has 2 atom stereocenters. The lowest BCUT2D eigenvalue weighted by atomic mass is 10.1. The first-order valence-electron chi connectivity index (χ1n) is 3.86. The van der Waals surface area contributed by atoms with E-state index in [0.29, 0.717) is 6.29 Å². The molecule has 0 amide bonds. The number of carboxylic acid groups (broad SMARTS) is 1. The van der Waals surface area contributed by atoms with Crippen LogP contribution in [0.2, 0.25) is 0 Å². The van der Waals surface area contributed by atoms with Gasteiger partial charge in [0.15, 0.2) is 0 Å². The lowest BCUT2D eigenvalue weighted by molar-refractivity contribution is -0.139. The van der Waals surface area contributed by atoms with Crippen LogP contribution in [0.1, 0.15) is 13.8 Å². The van der Waals surface area contributed by atoms with Crippen LogP contribution in [0.25, 0.3) is 0 Å². The van der Waals surface area contributed by atoms with Gasteiger partial charge in [-0.05, 0) is 17.4 Å². The molecule has 1 saturated carbocycles. The van der Waals surface area contributed by atoms with Gasteiger partial charge in [-0.15, -0.1) is 0 Å². The second kappa shape index (κ2) is 2.73. The summed E-state index contributed by atoms with van der Waals surface area (Å²) in [5, 5.41) is 8.74. The van der Waals surface area contributed by atoms with Crippen LogP contribution in [0, 0.1) is 17.3 Å². The van der Waals surface area contributed by atoms with E-state index in [1.54, 1.807) is 6.08 Å². The van der Waals surface area contributed by atoms with Crippen molar-refractivity contribution in [2.75, 3.05) is 0 Å². The van der Waals surface area contributed by atoms with E-state index in [-0.39, 0.29) is 17.3 Å². The molecular weight excluding hydrogens is 156 g/mol. The molecule has 0 unspecified atom stereocenters. The van der Waals surface area contributed by atoms with Gasteiger partial charge in [0, 0.05) is 0 Å². The number of aliphatic carboxylic acids is 1. The normalized spacial score (nSPS) is 31.8. The van der Waals surface area contributed by atoms with Crippen LogP contribution < -0.4 is 0 Å². The van der Waals surface area contributed by atoms with Gasteiger partial charge in [0.25, 0.3) is 0 Å². The minimum Gasteiger partial charge on any atom is -0.481 e. The maximum Gasteiger partial charge on any atom is 0.307 e. The maximum absolute atomic E-state index is 10.6. The van der Waals surface area contributed by atoms with Crippen molar-refractivity contribution in [1.82, 2.24) is 0 Å². The maximum atomic E-state index is 10.6. The summed E-state index contributed by atoms with van der Waals surface area (Å²) in [6.45, 7) is 3.79. The smallest absolute Gasteiger partial charge is 0.307 e. The average molecular weight is 168 g/mol. The molecule has 0 aromatic carbocycles. The number of hydrogen-bond donors (Lipinski definition) is 1. The summed E-state index contributed by atoms with van der Waals surface area (Å²) in [7, 11) is 0. The van der Waals surface area contributed by atoms with Crippen molar-refractivity contribution in [3.05, 3.63) is 12.2 Å². The van der Waals surface area contributed by atoms with Crippen LogP contribution in [0.5, 0.6) is 0 Å². The molecule has 0 aliphatic heterocycles. The van der Waals surface area contributed by atoms with E-state index in [0.717, 1.165) is 0 Å².